The zero-order valence-electron chi connectivity index (χ0n) is 9.86. The molecular weight excluding hydrogens is 188 g/mol. The van der Waals surface area contributed by atoms with Gasteiger partial charge in [-0.15, -0.1) is 0 Å². The Hall–Kier alpha value is -0.930. The van der Waals surface area contributed by atoms with Crippen LogP contribution in [0, 0.1) is 0 Å². The summed E-state index contributed by atoms with van der Waals surface area (Å²) >= 11 is 0. The minimum atomic E-state index is -0.707. The van der Waals surface area contributed by atoms with Crippen LogP contribution in [0.15, 0.2) is 24.5 Å². The van der Waals surface area contributed by atoms with E-state index in [0.717, 1.165) is 0 Å². The maximum absolute atomic E-state index is 9.81. The molecule has 0 aromatic carbocycles. The number of nitrogens with zero attached hydrogens (tertiary/aromatic N) is 1. The Morgan fingerprint density at radius 3 is 2.27 bits per heavy atom. The largest absolute Gasteiger partial charge is 0.389 e. The summed E-state index contributed by atoms with van der Waals surface area (Å²) in [4.78, 5) is 3.98. The van der Waals surface area contributed by atoms with E-state index in [1.54, 1.807) is 12.4 Å². The van der Waals surface area contributed by atoms with Gasteiger partial charge in [-0.2, -0.15) is 0 Å². The first-order chi connectivity index (χ1) is 6.91. The van der Waals surface area contributed by atoms with Gasteiger partial charge in [0.2, 0.25) is 0 Å². The fraction of sp³-hybridized carbons (Fsp3) is 0.583. The van der Waals surface area contributed by atoms with Crippen molar-refractivity contribution in [1.29, 1.82) is 0 Å². The predicted octanol–water partition coefficient (Wildman–Crippen LogP) is 1.89. The van der Waals surface area contributed by atoms with Crippen molar-refractivity contribution in [3.8, 4) is 0 Å². The first-order valence-electron chi connectivity index (χ1n) is 5.29. The molecule has 84 valence electrons. The van der Waals surface area contributed by atoms with Crippen molar-refractivity contribution in [3.05, 3.63) is 30.1 Å². The first kappa shape index (κ1) is 12.1. The van der Waals surface area contributed by atoms with Crippen molar-refractivity contribution >= 4 is 0 Å². The second kappa shape index (κ2) is 4.73. The summed E-state index contributed by atoms with van der Waals surface area (Å²) in [6.45, 7) is 7.68. The minimum absolute atomic E-state index is 0.0423. The van der Waals surface area contributed by atoms with E-state index >= 15 is 0 Å². The van der Waals surface area contributed by atoms with Crippen LogP contribution in [0.3, 0.4) is 0 Å². The highest BCUT2D eigenvalue weighted by atomic mass is 16.3. The molecule has 3 heteroatoms. The van der Waals surface area contributed by atoms with Gasteiger partial charge in [0.15, 0.2) is 0 Å². The fourth-order valence-corrected chi connectivity index (χ4v) is 1.33. The molecule has 0 saturated heterocycles. The van der Waals surface area contributed by atoms with Crippen LogP contribution < -0.4 is 5.32 Å². The third-order valence-electron chi connectivity index (χ3n) is 2.77. The molecule has 0 saturated carbocycles. The average molecular weight is 208 g/mol. The third kappa shape index (κ3) is 3.61. The molecule has 15 heavy (non-hydrogen) atoms. The highest BCUT2D eigenvalue weighted by Crippen LogP contribution is 2.15. The highest BCUT2D eigenvalue weighted by molar-refractivity contribution is 5.14. The van der Waals surface area contributed by atoms with Gasteiger partial charge in [-0.05, 0) is 45.4 Å². The van der Waals surface area contributed by atoms with E-state index in [1.165, 1.54) is 5.56 Å². The normalized spacial score (nSPS) is 16.1. The van der Waals surface area contributed by atoms with Crippen LogP contribution in [0.2, 0.25) is 0 Å². The van der Waals surface area contributed by atoms with Gasteiger partial charge in [-0.1, -0.05) is 0 Å². The fourth-order valence-electron chi connectivity index (χ4n) is 1.33. The summed E-state index contributed by atoms with van der Waals surface area (Å²) < 4.78 is 0. The average Bonchev–Trinajstić information content (AvgIpc) is 2.17. The lowest BCUT2D eigenvalue weighted by atomic mass is 9.99. The molecule has 0 radical (unpaired) electrons. The van der Waals surface area contributed by atoms with Crippen molar-refractivity contribution in [2.45, 2.75) is 45.4 Å². The lowest BCUT2D eigenvalue weighted by molar-refractivity contribution is 0.0405. The van der Waals surface area contributed by atoms with Crippen molar-refractivity contribution < 1.29 is 5.11 Å². The van der Waals surface area contributed by atoms with E-state index in [-0.39, 0.29) is 12.1 Å². The SMILES string of the molecule is CC(NC(C)C(C)(C)O)c1ccncc1. The molecule has 1 aromatic rings. The lowest BCUT2D eigenvalue weighted by Gasteiger charge is -2.30. The van der Waals surface area contributed by atoms with Gasteiger partial charge in [-0.25, -0.2) is 0 Å². The van der Waals surface area contributed by atoms with Crippen molar-refractivity contribution in [1.82, 2.24) is 10.3 Å². The Morgan fingerprint density at radius 1 is 1.27 bits per heavy atom. The summed E-state index contributed by atoms with van der Waals surface area (Å²) in [6, 6.07) is 4.22. The molecule has 2 atom stereocenters. The van der Waals surface area contributed by atoms with E-state index in [9.17, 15) is 5.11 Å². The first-order valence-corrected chi connectivity index (χ1v) is 5.29. The molecule has 1 aromatic heterocycles. The molecule has 1 rings (SSSR count). The maximum Gasteiger partial charge on any atom is 0.0741 e. The zero-order valence-corrected chi connectivity index (χ0v) is 9.86. The zero-order chi connectivity index (χ0) is 11.5. The highest BCUT2D eigenvalue weighted by Gasteiger charge is 2.23. The molecule has 2 N–H and O–H groups in total. The molecule has 0 amide bonds. The van der Waals surface area contributed by atoms with Crippen molar-refractivity contribution in [3.63, 3.8) is 0 Å². The summed E-state index contributed by atoms with van der Waals surface area (Å²) in [6.07, 6.45) is 3.56. The molecule has 0 aliphatic heterocycles. The molecule has 2 unspecified atom stereocenters. The maximum atomic E-state index is 9.81. The number of aliphatic hydroxyl groups is 1. The Bertz CT molecular complexity index is 292. The van der Waals surface area contributed by atoms with Crippen LogP contribution in [-0.4, -0.2) is 21.7 Å². The van der Waals surface area contributed by atoms with Gasteiger partial charge in [-0.3, -0.25) is 4.98 Å². The molecular formula is C12H20N2O. The standard InChI is InChI=1S/C12H20N2O/c1-9(11-5-7-13-8-6-11)14-10(2)12(3,4)15/h5-10,14-15H,1-4H3. The van der Waals surface area contributed by atoms with Gasteiger partial charge < -0.3 is 10.4 Å². The van der Waals surface area contributed by atoms with Crippen molar-refractivity contribution in [2.24, 2.45) is 0 Å². The number of nitrogens with one attached hydrogen (secondary N) is 1. The van der Waals surface area contributed by atoms with E-state index in [2.05, 4.69) is 17.2 Å². The number of aromatic nitrogens is 1. The lowest BCUT2D eigenvalue weighted by Crippen LogP contribution is -2.45. The second-order valence-corrected chi connectivity index (χ2v) is 4.54. The van der Waals surface area contributed by atoms with Gasteiger partial charge in [0.05, 0.1) is 5.60 Å². The molecule has 0 aliphatic rings. The van der Waals surface area contributed by atoms with E-state index in [4.69, 9.17) is 0 Å². The minimum Gasteiger partial charge on any atom is -0.389 e. The summed E-state index contributed by atoms with van der Waals surface area (Å²) in [7, 11) is 0. The second-order valence-electron chi connectivity index (χ2n) is 4.54. The van der Waals surface area contributed by atoms with Crippen LogP contribution >= 0.6 is 0 Å². The van der Waals surface area contributed by atoms with Gasteiger partial charge in [0, 0.05) is 24.5 Å². The van der Waals surface area contributed by atoms with Gasteiger partial charge in [0.1, 0.15) is 0 Å². The summed E-state index contributed by atoms with van der Waals surface area (Å²) in [5.74, 6) is 0. The Kier molecular flexibility index (Phi) is 3.83. The van der Waals surface area contributed by atoms with Crippen LogP contribution in [0.4, 0.5) is 0 Å². The summed E-state index contributed by atoms with van der Waals surface area (Å²) in [5, 5.41) is 13.2. The van der Waals surface area contributed by atoms with Crippen LogP contribution in [0.25, 0.3) is 0 Å². The van der Waals surface area contributed by atoms with Gasteiger partial charge in [0.25, 0.3) is 0 Å². The van der Waals surface area contributed by atoms with E-state index < -0.39 is 5.60 Å². The number of hydrogen-bond acceptors (Lipinski definition) is 3. The molecule has 0 bridgehead atoms. The Morgan fingerprint density at radius 2 is 1.80 bits per heavy atom. The van der Waals surface area contributed by atoms with Crippen LogP contribution in [-0.2, 0) is 0 Å². The number of hydrogen-bond donors (Lipinski definition) is 2. The quantitative estimate of drug-likeness (QED) is 0.794. The molecule has 0 fully saturated rings. The van der Waals surface area contributed by atoms with Crippen LogP contribution in [0.5, 0.6) is 0 Å². The topological polar surface area (TPSA) is 45.1 Å². The van der Waals surface area contributed by atoms with Crippen LogP contribution in [0.1, 0.15) is 39.3 Å². The molecule has 1 heterocycles. The monoisotopic (exact) mass is 208 g/mol. The Balaban J connectivity index is 2.61. The molecule has 0 aliphatic carbocycles. The van der Waals surface area contributed by atoms with E-state index in [1.807, 2.05) is 32.9 Å². The smallest absolute Gasteiger partial charge is 0.0741 e. The Labute approximate surface area is 91.5 Å². The number of rotatable bonds is 4. The van der Waals surface area contributed by atoms with E-state index in [0.29, 0.717) is 0 Å². The van der Waals surface area contributed by atoms with Gasteiger partial charge >= 0.3 is 0 Å². The van der Waals surface area contributed by atoms with Crippen molar-refractivity contribution in [2.75, 3.05) is 0 Å². The molecule has 3 nitrogen and oxygen atoms in total. The molecule has 0 spiro atoms. The third-order valence-corrected chi connectivity index (χ3v) is 2.77. The predicted molar refractivity (Wildman–Crippen MR) is 61.5 cm³/mol. The number of pyridine rings is 1. The summed E-state index contributed by atoms with van der Waals surface area (Å²) in [5.41, 5.74) is 0.475.